The van der Waals surface area contributed by atoms with Gasteiger partial charge in [-0.3, -0.25) is 9.48 Å². The lowest BCUT2D eigenvalue weighted by atomic mass is 10.1. The van der Waals surface area contributed by atoms with Crippen molar-refractivity contribution in [1.29, 1.82) is 0 Å². The van der Waals surface area contributed by atoms with Crippen molar-refractivity contribution in [3.63, 3.8) is 0 Å². The quantitative estimate of drug-likeness (QED) is 0.843. The van der Waals surface area contributed by atoms with E-state index in [1.54, 1.807) is 4.68 Å². The molecule has 1 fully saturated rings. The van der Waals surface area contributed by atoms with Gasteiger partial charge in [0.05, 0.1) is 17.9 Å². The van der Waals surface area contributed by atoms with Crippen molar-refractivity contribution in [3.8, 4) is 0 Å². The minimum Gasteiger partial charge on any atom is -0.354 e. The van der Waals surface area contributed by atoms with Crippen LogP contribution in [0.5, 0.6) is 0 Å². The Bertz CT molecular complexity index is 725. The van der Waals surface area contributed by atoms with Gasteiger partial charge in [0, 0.05) is 32.2 Å². The highest BCUT2D eigenvalue weighted by molar-refractivity contribution is 5.91. The fourth-order valence-electron chi connectivity index (χ4n) is 3.06. The van der Waals surface area contributed by atoms with Gasteiger partial charge >= 0.3 is 0 Å². The Kier molecular flexibility index (Phi) is 5.28. The molecule has 1 aliphatic heterocycles. The average Bonchev–Trinajstić information content (AvgIpc) is 2.91. The lowest BCUT2D eigenvalue weighted by Gasteiger charge is -2.33. The summed E-state index contributed by atoms with van der Waals surface area (Å²) in [6.45, 7) is 5.91. The molecule has 0 spiro atoms. The van der Waals surface area contributed by atoms with Crippen LogP contribution in [-0.4, -0.2) is 51.6 Å². The van der Waals surface area contributed by atoms with Gasteiger partial charge in [0.2, 0.25) is 5.91 Å². The highest BCUT2D eigenvalue weighted by Crippen LogP contribution is 2.17. The minimum atomic E-state index is -0.0600. The van der Waals surface area contributed by atoms with E-state index in [9.17, 15) is 4.79 Å². The van der Waals surface area contributed by atoms with E-state index in [1.165, 1.54) is 0 Å². The molecule has 1 unspecified atom stereocenters. The first-order chi connectivity index (χ1) is 12.0. The van der Waals surface area contributed by atoms with E-state index in [1.807, 2.05) is 39.1 Å². The second kappa shape index (κ2) is 7.60. The Morgan fingerprint density at radius 3 is 2.80 bits per heavy atom. The standard InChI is InChI=1S/C17H25N7O/c1-12-6-7-15(21-20-12)24-8-4-5-14(11-24)18-10-17(25)19-16-9-13(2)22-23(16)3/h6-7,9,14,18H,4-5,8,10-11H2,1-3H3,(H,19,25). The second-order valence-corrected chi connectivity index (χ2v) is 6.54. The average molecular weight is 343 g/mol. The van der Waals surface area contributed by atoms with Gasteiger partial charge in [-0.25, -0.2) is 0 Å². The van der Waals surface area contributed by atoms with Crippen LogP contribution >= 0.6 is 0 Å². The van der Waals surface area contributed by atoms with Gasteiger partial charge in [0.1, 0.15) is 5.82 Å². The molecular weight excluding hydrogens is 318 g/mol. The molecule has 8 nitrogen and oxygen atoms in total. The monoisotopic (exact) mass is 343 g/mol. The maximum atomic E-state index is 12.2. The van der Waals surface area contributed by atoms with E-state index >= 15 is 0 Å². The summed E-state index contributed by atoms with van der Waals surface area (Å²) < 4.78 is 1.67. The summed E-state index contributed by atoms with van der Waals surface area (Å²) in [5.74, 6) is 1.55. The lowest BCUT2D eigenvalue weighted by Crippen LogP contribution is -2.48. The van der Waals surface area contributed by atoms with E-state index in [0.717, 1.165) is 43.1 Å². The first kappa shape index (κ1) is 17.3. The van der Waals surface area contributed by atoms with Gasteiger partial charge in [-0.05, 0) is 38.8 Å². The summed E-state index contributed by atoms with van der Waals surface area (Å²) in [4.78, 5) is 14.4. The Morgan fingerprint density at radius 2 is 2.12 bits per heavy atom. The maximum absolute atomic E-state index is 12.2. The molecule has 0 radical (unpaired) electrons. The van der Waals surface area contributed by atoms with E-state index in [2.05, 4.69) is 30.8 Å². The molecule has 2 N–H and O–H groups in total. The molecule has 8 heteroatoms. The third-order valence-electron chi connectivity index (χ3n) is 4.35. The number of aromatic nitrogens is 4. The van der Waals surface area contributed by atoms with Gasteiger partial charge in [0.25, 0.3) is 0 Å². The molecule has 134 valence electrons. The van der Waals surface area contributed by atoms with Gasteiger partial charge in [0.15, 0.2) is 5.82 Å². The van der Waals surface area contributed by atoms with Crippen LogP contribution in [0.15, 0.2) is 18.2 Å². The Morgan fingerprint density at radius 1 is 1.28 bits per heavy atom. The van der Waals surface area contributed by atoms with E-state index in [-0.39, 0.29) is 18.5 Å². The second-order valence-electron chi connectivity index (χ2n) is 6.54. The van der Waals surface area contributed by atoms with E-state index < -0.39 is 0 Å². The van der Waals surface area contributed by atoms with Crippen molar-refractivity contribution in [2.45, 2.75) is 32.7 Å². The molecule has 25 heavy (non-hydrogen) atoms. The predicted molar refractivity (Wildman–Crippen MR) is 96.6 cm³/mol. The Hall–Kier alpha value is -2.48. The molecule has 1 saturated heterocycles. The van der Waals surface area contributed by atoms with Crippen LogP contribution in [0.1, 0.15) is 24.2 Å². The molecule has 2 aromatic rings. The number of rotatable bonds is 5. The number of hydrogen-bond acceptors (Lipinski definition) is 6. The van der Waals surface area contributed by atoms with Crippen molar-refractivity contribution in [1.82, 2.24) is 25.3 Å². The Labute approximate surface area is 147 Å². The first-order valence-corrected chi connectivity index (χ1v) is 8.60. The molecule has 2 aromatic heterocycles. The van der Waals surface area contributed by atoms with E-state index in [0.29, 0.717) is 5.82 Å². The molecule has 0 saturated carbocycles. The van der Waals surface area contributed by atoms with Crippen LogP contribution in [0, 0.1) is 13.8 Å². The summed E-state index contributed by atoms with van der Waals surface area (Å²) in [6, 6.07) is 6.09. The third-order valence-corrected chi connectivity index (χ3v) is 4.35. The van der Waals surface area contributed by atoms with Crippen LogP contribution in [0.25, 0.3) is 0 Å². The number of piperidine rings is 1. The summed E-state index contributed by atoms with van der Waals surface area (Å²) in [5, 5.41) is 18.8. The van der Waals surface area contributed by atoms with Gasteiger partial charge in [-0.2, -0.15) is 10.2 Å². The molecule has 1 amide bonds. The van der Waals surface area contributed by atoms with Crippen LogP contribution in [0.3, 0.4) is 0 Å². The van der Waals surface area contributed by atoms with Crippen LogP contribution < -0.4 is 15.5 Å². The molecule has 3 heterocycles. The number of anilines is 2. The van der Waals surface area contributed by atoms with Crippen molar-refractivity contribution in [3.05, 3.63) is 29.6 Å². The highest BCUT2D eigenvalue weighted by atomic mass is 16.2. The topological polar surface area (TPSA) is 88.0 Å². The minimum absolute atomic E-state index is 0.0600. The number of aryl methyl sites for hydroxylation is 3. The van der Waals surface area contributed by atoms with Crippen LogP contribution in [-0.2, 0) is 11.8 Å². The number of nitrogens with one attached hydrogen (secondary N) is 2. The number of carbonyl (C=O) groups is 1. The van der Waals surface area contributed by atoms with E-state index in [4.69, 9.17) is 0 Å². The number of nitrogens with zero attached hydrogens (tertiary/aromatic N) is 5. The van der Waals surface area contributed by atoms with Gasteiger partial charge in [-0.15, -0.1) is 5.10 Å². The normalized spacial score (nSPS) is 17.6. The fourth-order valence-corrected chi connectivity index (χ4v) is 3.06. The molecule has 1 aliphatic rings. The number of amides is 1. The molecule has 3 rings (SSSR count). The lowest BCUT2D eigenvalue weighted by molar-refractivity contribution is -0.115. The smallest absolute Gasteiger partial charge is 0.239 e. The molecule has 1 atom stereocenters. The Balaban J connectivity index is 1.50. The zero-order valence-corrected chi connectivity index (χ0v) is 15.0. The molecule has 0 aromatic carbocycles. The SMILES string of the molecule is Cc1ccc(N2CCCC(NCC(=O)Nc3cc(C)nn3C)C2)nn1. The zero-order chi connectivity index (χ0) is 17.8. The van der Waals surface area contributed by atoms with Crippen molar-refractivity contribution in [2.75, 3.05) is 29.9 Å². The van der Waals surface area contributed by atoms with Crippen molar-refractivity contribution < 1.29 is 4.79 Å². The molecular formula is C17H25N7O. The predicted octanol–water partition coefficient (Wildman–Crippen LogP) is 1.02. The molecule has 0 aliphatic carbocycles. The fraction of sp³-hybridized carbons (Fsp3) is 0.529. The van der Waals surface area contributed by atoms with Crippen LogP contribution in [0.2, 0.25) is 0 Å². The maximum Gasteiger partial charge on any atom is 0.239 e. The summed E-state index contributed by atoms with van der Waals surface area (Å²) >= 11 is 0. The number of hydrogen-bond donors (Lipinski definition) is 2. The van der Waals surface area contributed by atoms with Gasteiger partial charge < -0.3 is 15.5 Å². The molecule has 0 bridgehead atoms. The van der Waals surface area contributed by atoms with Crippen LogP contribution in [0.4, 0.5) is 11.6 Å². The highest BCUT2D eigenvalue weighted by Gasteiger charge is 2.21. The third kappa shape index (κ3) is 4.54. The van der Waals surface area contributed by atoms with Crippen molar-refractivity contribution in [2.24, 2.45) is 7.05 Å². The summed E-state index contributed by atoms with van der Waals surface area (Å²) in [6.07, 6.45) is 2.11. The summed E-state index contributed by atoms with van der Waals surface area (Å²) in [7, 11) is 1.82. The number of carbonyl (C=O) groups excluding carboxylic acids is 1. The zero-order valence-electron chi connectivity index (χ0n) is 15.0. The largest absolute Gasteiger partial charge is 0.354 e. The van der Waals surface area contributed by atoms with Gasteiger partial charge in [-0.1, -0.05) is 0 Å². The summed E-state index contributed by atoms with van der Waals surface area (Å²) in [5.41, 5.74) is 1.80. The van der Waals surface area contributed by atoms with Crippen molar-refractivity contribution >= 4 is 17.5 Å². The first-order valence-electron chi connectivity index (χ1n) is 8.60.